The van der Waals surface area contributed by atoms with Crippen LogP contribution in [-0.4, -0.2) is 93.6 Å². The van der Waals surface area contributed by atoms with Crippen molar-refractivity contribution in [2.24, 2.45) is 5.92 Å². The van der Waals surface area contributed by atoms with E-state index in [2.05, 4.69) is 22.2 Å². The van der Waals surface area contributed by atoms with Gasteiger partial charge < -0.3 is 29.2 Å². The number of aliphatic hydroxyl groups excluding tert-OH is 1. The Balaban J connectivity index is 1.29. The molecule has 0 aliphatic carbocycles. The fourth-order valence-electron chi connectivity index (χ4n) is 9.38. The predicted molar refractivity (Wildman–Crippen MR) is 226 cm³/mol. The van der Waals surface area contributed by atoms with Crippen LogP contribution in [0.2, 0.25) is 0 Å². The minimum Gasteiger partial charge on any atom is -0.491 e. The highest BCUT2D eigenvalue weighted by Crippen LogP contribution is 2.66. The summed E-state index contributed by atoms with van der Waals surface area (Å²) in [6.45, 7) is -0.211. The van der Waals surface area contributed by atoms with E-state index >= 15 is 4.79 Å². The Bertz CT molecular complexity index is 2750. The first-order valence-electron chi connectivity index (χ1n) is 20.3. The number of carbonyl (C=O) groups excluding carboxylic acids is 3. The van der Waals surface area contributed by atoms with Gasteiger partial charge in [-0.1, -0.05) is 102 Å². The van der Waals surface area contributed by atoms with Crippen LogP contribution < -0.4 is 9.64 Å². The molecular formula is C48H41N5O10. The van der Waals surface area contributed by atoms with Crippen LogP contribution in [0.25, 0.3) is 11.0 Å². The molecule has 6 aromatic rings. The molecule has 15 nitrogen and oxygen atoms in total. The third kappa shape index (κ3) is 7.04. The normalized spacial score (nSPS) is 22.6. The highest BCUT2D eigenvalue weighted by Gasteiger charge is 2.76. The zero-order chi connectivity index (χ0) is 43.7. The summed E-state index contributed by atoms with van der Waals surface area (Å²) in [6, 6.07) is 33.8. The van der Waals surface area contributed by atoms with E-state index in [1.165, 1.54) is 7.11 Å². The maximum absolute atomic E-state index is 15.9. The number of ether oxygens (including phenoxy) is 4. The molecule has 318 valence electrons. The van der Waals surface area contributed by atoms with Gasteiger partial charge in [0.05, 0.1) is 36.5 Å². The van der Waals surface area contributed by atoms with Crippen molar-refractivity contribution in [1.29, 1.82) is 0 Å². The lowest BCUT2D eigenvalue weighted by atomic mass is 9.65. The zero-order valence-corrected chi connectivity index (χ0v) is 33.9. The number of carboxylic acid groups (broad SMARTS) is 1. The van der Waals surface area contributed by atoms with E-state index in [-0.39, 0.29) is 44.2 Å². The average Bonchev–Trinajstić information content (AvgIpc) is 3.95. The van der Waals surface area contributed by atoms with E-state index in [0.717, 1.165) is 10.4 Å². The summed E-state index contributed by atoms with van der Waals surface area (Å²) in [6.07, 6.45) is -2.00. The first-order chi connectivity index (χ1) is 30.8. The monoisotopic (exact) mass is 847 g/mol. The van der Waals surface area contributed by atoms with E-state index in [0.29, 0.717) is 33.5 Å². The number of fused-ring (bicyclic) bond motifs is 4. The number of hydrogen-bond donors (Lipinski definition) is 2. The van der Waals surface area contributed by atoms with Gasteiger partial charge in [0.2, 0.25) is 5.91 Å². The molecule has 2 amide bonds. The lowest BCUT2D eigenvalue weighted by Crippen LogP contribution is -2.53. The smallest absolute Gasteiger partial charge is 0.421 e. The number of amides is 2. The predicted octanol–water partition coefficient (Wildman–Crippen LogP) is 5.39. The molecule has 2 saturated heterocycles. The number of benzene rings is 5. The summed E-state index contributed by atoms with van der Waals surface area (Å²) in [4.78, 5) is 61.7. The van der Waals surface area contributed by atoms with Gasteiger partial charge in [-0.25, -0.2) is 14.4 Å². The molecule has 6 atom stereocenters. The molecule has 9 rings (SSSR count). The number of anilines is 1. The molecule has 0 unspecified atom stereocenters. The molecule has 0 radical (unpaired) electrons. The van der Waals surface area contributed by atoms with Gasteiger partial charge >= 0.3 is 18.0 Å². The number of morpholine rings is 1. The third-order valence-corrected chi connectivity index (χ3v) is 11.9. The standard InChI is InChI=1S/C48H41N5O10/c1-60-27-28-62-47(59)52-37-23-18-30(11-10-24-51-38-17-9-8-16-36(38)49-50-51)29-35(37)48(46(52)58)39(44(55)56)41-45(57)63-42(32-14-6-3-7-15-32)40(31-12-4-2-5-13-31)53(41)43(48)33-19-21-34(22-20-33)61-26-25-54/h2-9,12-23,29,39-43,54H,24-28H2,1H3,(H,55,56)/t39-,40-,41-,42+,43+,48-/m0/s1. The molecule has 2 fully saturated rings. The highest BCUT2D eigenvalue weighted by atomic mass is 16.6. The van der Waals surface area contributed by atoms with Crippen molar-refractivity contribution < 1.29 is 48.3 Å². The van der Waals surface area contributed by atoms with Crippen LogP contribution in [0.15, 0.2) is 127 Å². The number of carbonyl (C=O) groups is 4. The zero-order valence-electron chi connectivity index (χ0n) is 33.9. The third-order valence-electron chi connectivity index (χ3n) is 11.9. The second kappa shape index (κ2) is 17.2. The Kier molecular flexibility index (Phi) is 11.2. The molecule has 0 bridgehead atoms. The lowest BCUT2D eigenvalue weighted by Gasteiger charge is -2.46. The number of hydrogen-bond acceptors (Lipinski definition) is 12. The fraction of sp³-hybridized carbons (Fsp3) is 0.250. The number of esters is 1. The number of nitrogens with zero attached hydrogens (tertiary/aromatic N) is 5. The minimum absolute atomic E-state index is 0.0195. The van der Waals surface area contributed by atoms with Crippen molar-refractivity contribution in [2.45, 2.75) is 36.2 Å². The van der Waals surface area contributed by atoms with Crippen molar-refractivity contribution in [3.8, 4) is 17.6 Å². The Morgan fingerprint density at radius 2 is 1.54 bits per heavy atom. The molecule has 2 N–H and O–H groups in total. The van der Waals surface area contributed by atoms with Gasteiger partial charge in [-0.2, -0.15) is 0 Å². The first-order valence-corrected chi connectivity index (χ1v) is 20.3. The maximum atomic E-state index is 15.9. The SMILES string of the molecule is COCCOC(=O)N1C(=O)[C@@]2(c3cc(C#CCn4nnc5ccccc54)ccc31)[C@H](C(=O)O)[C@H]1C(=O)O[C@H](c3ccccc3)[C@H](c3ccccc3)N1[C@@H]2c1ccc(OCCO)cc1. The van der Waals surface area contributed by atoms with E-state index in [1.54, 1.807) is 52.0 Å². The molecule has 1 spiro atoms. The van der Waals surface area contributed by atoms with Crippen LogP contribution in [0.5, 0.6) is 5.75 Å². The molecule has 4 heterocycles. The van der Waals surface area contributed by atoms with Gasteiger partial charge in [0.25, 0.3) is 0 Å². The van der Waals surface area contributed by atoms with Crippen molar-refractivity contribution in [3.63, 3.8) is 0 Å². The van der Waals surface area contributed by atoms with Crippen LogP contribution in [0, 0.1) is 17.8 Å². The molecule has 15 heteroatoms. The first kappa shape index (κ1) is 41.0. The molecule has 3 aliphatic rings. The second-order valence-electron chi connectivity index (χ2n) is 15.3. The quantitative estimate of drug-likeness (QED) is 0.0964. The minimum atomic E-state index is -2.17. The Morgan fingerprint density at radius 3 is 2.25 bits per heavy atom. The van der Waals surface area contributed by atoms with Crippen LogP contribution in [0.4, 0.5) is 10.5 Å². The van der Waals surface area contributed by atoms with Crippen molar-refractivity contribution in [1.82, 2.24) is 19.9 Å². The van der Waals surface area contributed by atoms with Crippen LogP contribution in [0.3, 0.4) is 0 Å². The number of aliphatic hydroxyl groups is 1. The lowest BCUT2D eigenvalue weighted by molar-refractivity contribution is -0.179. The van der Waals surface area contributed by atoms with Gasteiger partial charge in [0.1, 0.15) is 54.5 Å². The molecule has 0 saturated carbocycles. The Hall–Kier alpha value is -7.38. The van der Waals surface area contributed by atoms with Crippen LogP contribution >= 0.6 is 0 Å². The van der Waals surface area contributed by atoms with Gasteiger partial charge in [-0.3, -0.25) is 19.3 Å². The molecule has 63 heavy (non-hydrogen) atoms. The number of aliphatic carboxylic acids is 1. The molecule has 1 aromatic heterocycles. The molecular weight excluding hydrogens is 807 g/mol. The summed E-state index contributed by atoms with van der Waals surface area (Å²) in [5, 5.41) is 29.5. The average molecular weight is 848 g/mol. The fourth-order valence-corrected chi connectivity index (χ4v) is 9.38. The van der Waals surface area contributed by atoms with Crippen LogP contribution in [0.1, 0.15) is 46.0 Å². The number of rotatable bonds is 11. The van der Waals surface area contributed by atoms with E-state index in [9.17, 15) is 24.6 Å². The second-order valence-corrected chi connectivity index (χ2v) is 15.3. The van der Waals surface area contributed by atoms with Gasteiger partial charge in [0, 0.05) is 12.7 Å². The van der Waals surface area contributed by atoms with Crippen molar-refractivity contribution in [2.75, 3.05) is 38.4 Å². The van der Waals surface area contributed by atoms with Crippen molar-refractivity contribution in [3.05, 3.63) is 155 Å². The van der Waals surface area contributed by atoms with Crippen LogP contribution in [-0.2, 0) is 40.6 Å². The van der Waals surface area contributed by atoms with E-state index in [4.69, 9.17) is 18.9 Å². The van der Waals surface area contributed by atoms with Gasteiger partial charge in [-0.05, 0) is 64.7 Å². The number of para-hydroxylation sites is 1. The summed E-state index contributed by atoms with van der Waals surface area (Å²) in [5.74, 6) is 1.68. The van der Waals surface area contributed by atoms with E-state index in [1.807, 2.05) is 84.9 Å². The topological polar surface area (TPSA) is 183 Å². The summed E-state index contributed by atoms with van der Waals surface area (Å²) >= 11 is 0. The maximum Gasteiger partial charge on any atom is 0.421 e. The largest absolute Gasteiger partial charge is 0.491 e. The number of methoxy groups -OCH3 is 1. The Labute approximate surface area is 361 Å². The number of cyclic esters (lactones) is 1. The molecule has 5 aromatic carbocycles. The molecule has 3 aliphatic heterocycles. The number of aromatic nitrogens is 3. The summed E-state index contributed by atoms with van der Waals surface area (Å²) in [5.41, 5.74) is 1.76. The number of imide groups is 1. The summed E-state index contributed by atoms with van der Waals surface area (Å²) < 4.78 is 24.4. The number of carboxylic acids is 1. The highest BCUT2D eigenvalue weighted by molar-refractivity contribution is 6.23. The Morgan fingerprint density at radius 1 is 0.825 bits per heavy atom. The van der Waals surface area contributed by atoms with Gasteiger partial charge in [0.15, 0.2) is 0 Å². The van der Waals surface area contributed by atoms with E-state index < -0.39 is 59.5 Å². The van der Waals surface area contributed by atoms with Crippen molar-refractivity contribution >= 4 is 40.7 Å². The van der Waals surface area contributed by atoms with Gasteiger partial charge in [-0.15, -0.1) is 5.10 Å². The summed E-state index contributed by atoms with van der Waals surface area (Å²) in [7, 11) is 1.44.